The van der Waals surface area contributed by atoms with E-state index >= 15 is 0 Å². The van der Waals surface area contributed by atoms with Crippen LogP contribution in [0.4, 0.5) is 0 Å². The molecule has 3 rings (SSSR count). The SMILES string of the molecule is OC(CC1CCOc2ccccc21)C1CC=CCC1. The van der Waals surface area contributed by atoms with Gasteiger partial charge in [-0.25, -0.2) is 0 Å². The quantitative estimate of drug-likeness (QED) is 0.838. The maximum Gasteiger partial charge on any atom is 0.122 e. The van der Waals surface area contributed by atoms with Crippen molar-refractivity contribution < 1.29 is 9.84 Å². The summed E-state index contributed by atoms with van der Waals surface area (Å²) in [6, 6.07) is 8.27. The first-order chi connectivity index (χ1) is 9.34. The minimum Gasteiger partial charge on any atom is -0.493 e. The third-order valence-corrected chi connectivity index (χ3v) is 4.46. The van der Waals surface area contributed by atoms with E-state index in [4.69, 9.17) is 4.74 Å². The first-order valence-corrected chi connectivity index (χ1v) is 7.39. The van der Waals surface area contributed by atoms with Gasteiger partial charge in [-0.1, -0.05) is 30.4 Å². The number of allylic oxidation sites excluding steroid dienone is 2. The summed E-state index contributed by atoms with van der Waals surface area (Å²) in [6.07, 6.45) is 9.44. The molecule has 0 aromatic heterocycles. The topological polar surface area (TPSA) is 29.5 Å². The van der Waals surface area contributed by atoms with Crippen molar-refractivity contribution in [1.29, 1.82) is 0 Å². The van der Waals surface area contributed by atoms with Gasteiger partial charge >= 0.3 is 0 Å². The fourth-order valence-electron chi connectivity index (χ4n) is 3.31. The summed E-state index contributed by atoms with van der Waals surface area (Å²) in [4.78, 5) is 0. The summed E-state index contributed by atoms with van der Waals surface area (Å²) in [7, 11) is 0. The molecule has 0 amide bonds. The molecule has 1 aliphatic carbocycles. The molecule has 1 aromatic carbocycles. The van der Waals surface area contributed by atoms with Crippen LogP contribution in [-0.4, -0.2) is 17.8 Å². The second kappa shape index (κ2) is 5.79. The van der Waals surface area contributed by atoms with Crippen molar-refractivity contribution >= 4 is 0 Å². The zero-order valence-corrected chi connectivity index (χ0v) is 11.3. The molecule has 1 N–H and O–H groups in total. The number of para-hydroxylation sites is 1. The van der Waals surface area contributed by atoms with E-state index in [1.54, 1.807) is 0 Å². The van der Waals surface area contributed by atoms with Crippen LogP contribution in [0.25, 0.3) is 0 Å². The Balaban J connectivity index is 1.68. The molecule has 2 aliphatic rings. The molecular formula is C17H22O2. The minimum atomic E-state index is -0.180. The number of hydrogen-bond donors (Lipinski definition) is 1. The molecule has 0 radical (unpaired) electrons. The van der Waals surface area contributed by atoms with Gasteiger partial charge in [0.2, 0.25) is 0 Å². The second-order valence-electron chi connectivity index (χ2n) is 5.72. The Morgan fingerprint density at radius 2 is 2.11 bits per heavy atom. The highest BCUT2D eigenvalue weighted by Gasteiger charge is 2.27. The highest BCUT2D eigenvalue weighted by molar-refractivity contribution is 5.37. The van der Waals surface area contributed by atoms with Gasteiger partial charge in [0.1, 0.15) is 5.75 Å². The fraction of sp³-hybridized carbons (Fsp3) is 0.529. The van der Waals surface area contributed by atoms with Crippen molar-refractivity contribution in [3.63, 3.8) is 0 Å². The van der Waals surface area contributed by atoms with E-state index in [-0.39, 0.29) is 6.10 Å². The summed E-state index contributed by atoms with van der Waals surface area (Å²) in [5, 5.41) is 10.5. The van der Waals surface area contributed by atoms with Gasteiger partial charge in [0.25, 0.3) is 0 Å². The molecule has 102 valence electrons. The molecule has 3 unspecified atom stereocenters. The van der Waals surface area contributed by atoms with Crippen molar-refractivity contribution in [1.82, 2.24) is 0 Å². The van der Waals surface area contributed by atoms with Crippen LogP contribution < -0.4 is 4.74 Å². The highest BCUT2D eigenvalue weighted by Crippen LogP contribution is 2.38. The molecule has 0 saturated heterocycles. The Morgan fingerprint density at radius 1 is 1.21 bits per heavy atom. The summed E-state index contributed by atoms with van der Waals surface area (Å²) >= 11 is 0. The number of benzene rings is 1. The first-order valence-electron chi connectivity index (χ1n) is 7.39. The molecular weight excluding hydrogens is 236 g/mol. The van der Waals surface area contributed by atoms with E-state index in [0.717, 1.165) is 44.5 Å². The van der Waals surface area contributed by atoms with Gasteiger partial charge in [-0.05, 0) is 55.6 Å². The van der Waals surface area contributed by atoms with Crippen LogP contribution in [-0.2, 0) is 0 Å². The molecule has 0 bridgehead atoms. The van der Waals surface area contributed by atoms with Gasteiger partial charge < -0.3 is 9.84 Å². The lowest BCUT2D eigenvalue weighted by Gasteiger charge is -2.31. The predicted molar refractivity (Wildman–Crippen MR) is 76.4 cm³/mol. The monoisotopic (exact) mass is 258 g/mol. The highest BCUT2D eigenvalue weighted by atomic mass is 16.5. The van der Waals surface area contributed by atoms with Crippen LogP contribution in [0.3, 0.4) is 0 Å². The molecule has 0 fully saturated rings. The van der Waals surface area contributed by atoms with Crippen LogP contribution in [0.5, 0.6) is 5.75 Å². The number of aliphatic hydroxyl groups excluding tert-OH is 1. The Kier molecular flexibility index (Phi) is 3.88. The van der Waals surface area contributed by atoms with E-state index in [0.29, 0.717) is 11.8 Å². The van der Waals surface area contributed by atoms with Crippen LogP contribution in [0.15, 0.2) is 36.4 Å². The summed E-state index contributed by atoms with van der Waals surface area (Å²) < 4.78 is 5.69. The molecule has 1 heterocycles. The predicted octanol–water partition coefficient (Wildman–Crippen LogP) is 3.66. The number of aliphatic hydroxyl groups is 1. The molecule has 1 aromatic rings. The summed E-state index contributed by atoms with van der Waals surface area (Å²) in [5.74, 6) is 1.90. The normalized spacial score (nSPS) is 27.4. The van der Waals surface area contributed by atoms with Gasteiger partial charge in [-0.3, -0.25) is 0 Å². The van der Waals surface area contributed by atoms with Crippen LogP contribution in [0.1, 0.15) is 43.6 Å². The van der Waals surface area contributed by atoms with E-state index in [2.05, 4.69) is 24.3 Å². The lowest BCUT2D eigenvalue weighted by Crippen LogP contribution is -2.26. The van der Waals surface area contributed by atoms with Gasteiger partial charge in [-0.15, -0.1) is 0 Å². The van der Waals surface area contributed by atoms with Crippen LogP contribution >= 0.6 is 0 Å². The van der Waals surface area contributed by atoms with Crippen LogP contribution in [0.2, 0.25) is 0 Å². The van der Waals surface area contributed by atoms with E-state index in [9.17, 15) is 5.11 Å². The van der Waals surface area contributed by atoms with E-state index < -0.39 is 0 Å². The van der Waals surface area contributed by atoms with Crippen molar-refractivity contribution in [2.24, 2.45) is 5.92 Å². The standard InChI is InChI=1S/C17H22O2/c18-16(13-6-2-1-3-7-13)12-14-10-11-19-17-9-5-4-8-15(14)17/h1-2,4-5,8-9,13-14,16,18H,3,6-7,10-12H2. The molecule has 0 saturated carbocycles. The molecule has 2 nitrogen and oxygen atoms in total. The van der Waals surface area contributed by atoms with Crippen molar-refractivity contribution in [2.45, 2.75) is 44.1 Å². The number of hydrogen-bond acceptors (Lipinski definition) is 2. The summed E-state index contributed by atoms with van der Waals surface area (Å²) in [5.41, 5.74) is 1.28. The molecule has 2 heteroatoms. The molecule has 1 aliphatic heterocycles. The van der Waals surface area contributed by atoms with Crippen molar-refractivity contribution in [3.05, 3.63) is 42.0 Å². The van der Waals surface area contributed by atoms with Gasteiger partial charge in [0, 0.05) is 0 Å². The average molecular weight is 258 g/mol. The maximum absolute atomic E-state index is 10.5. The van der Waals surface area contributed by atoms with Gasteiger partial charge in [-0.2, -0.15) is 0 Å². The first kappa shape index (κ1) is 12.7. The zero-order chi connectivity index (χ0) is 13.1. The Hall–Kier alpha value is -1.28. The van der Waals surface area contributed by atoms with E-state index in [1.807, 2.05) is 12.1 Å². The Bertz CT molecular complexity index is 452. The third-order valence-electron chi connectivity index (χ3n) is 4.46. The fourth-order valence-corrected chi connectivity index (χ4v) is 3.31. The Morgan fingerprint density at radius 3 is 2.95 bits per heavy atom. The lowest BCUT2D eigenvalue weighted by molar-refractivity contribution is 0.0806. The average Bonchev–Trinajstić information content (AvgIpc) is 2.48. The number of rotatable bonds is 3. The second-order valence-corrected chi connectivity index (χ2v) is 5.72. The van der Waals surface area contributed by atoms with Crippen molar-refractivity contribution in [3.8, 4) is 5.75 Å². The molecule has 19 heavy (non-hydrogen) atoms. The summed E-state index contributed by atoms with van der Waals surface area (Å²) in [6.45, 7) is 0.777. The third kappa shape index (κ3) is 2.84. The zero-order valence-electron chi connectivity index (χ0n) is 11.3. The van der Waals surface area contributed by atoms with Gasteiger partial charge in [0.05, 0.1) is 12.7 Å². The van der Waals surface area contributed by atoms with Gasteiger partial charge in [0.15, 0.2) is 0 Å². The number of fused-ring (bicyclic) bond motifs is 1. The number of ether oxygens (including phenoxy) is 1. The smallest absolute Gasteiger partial charge is 0.122 e. The van der Waals surface area contributed by atoms with E-state index in [1.165, 1.54) is 5.56 Å². The lowest BCUT2D eigenvalue weighted by atomic mass is 9.81. The molecule has 0 spiro atoms. The maximum atomic E-state index is 10.5. The van der Waals surface area contributed by atoms with Crippen molar-refractivity contribution in [2.75, 3.05) is 6.61 Å². The van der Waals surface area contributed by atoms with Crippen LogP contribution in [0, 0.1) is 5.92 Å². The largest absolute Gasteiger partial charge is 0.493 e. The molecule has 3 atom stereocenters. The Labute approximate surface area is 115 Å². The minimum absolute atomic E-state index is 0.180.